The summed E-state index contributed by atoms with van der Waals surface area (Å²) < 4.78 is 19.0. The molecule has 1 N–H and O–H groups in total. The van der Waals surface area contributed by atoms with E-state index in [0.29, 0.717) is 23.5 Å². The van der Waals surface area contributed by atoms with E-state index in [4.69, 9.17) is 5.10 Å². The van der Waals surface area contributed by atoms with E-state index in [0.717, 1.165) is 40.8 Å². The van der Waals surface area contributed by atoms with Crippen molar-refractivity contribution in [3.8, 4) is 11.1 Å². The Kier molecular flexibility index (Phi) is 6.36. The number of nitrogens with zero attached hydrogens (tertiary/aromatic N) is 7. The number of benzene rings is 1. The van der Waals surface area contributed by atoms with Crippen molar-refractivity contribution >= 4 is 22.5 Å². The summed E-state index contributed by atoms with van der Waals surface area (Å²) >= 11 is 0. The van der Waals surface area contributed by atoms with Crippen LogP contribution in [0.25, 0.3) is 27.7 Å². The van der Waals surface area contributed by atoms with Crippen molar-refractivity contribution in [2.24, 2.45) is 0 Å². The number of likely N-dealkylation sites (N-methyl/N-ethyl adjacent to an activating group) is 1. The molecule has 6 rings (SSSR count). The maximum absolute atomic E-state index is 15.1. The second-order valence-corrected chi connectivity index (χ2v) is 11.1. The highest BCUT2D eigenvalue weighted by atomic mass is 19.1. The van der Waals surface area contributed by atoms with Crippen LogP contribution < -0.4 is 5.32 Å². The van der Waals surface area contributed by atoms with Crippen molar-refractivity contribution in [3.63, 3.8) is 0 Å². The number of piperazine rings is 1. The van der Waals surface area contributed by atoms with E-state index in [2.05, 4.69) is 50.5 Å². The van der Waals surface area contributed by atoms with Gasteiger partial charge in [-0.1, -0.05) is 0 Å². The molecular weight excluding hydrogens is 467 g/mol. The molecule has 0 atom stereocenters. The van der Waals surface area contributed by atoms with E-state index in [1.807, 2.05) is 36.0 Å². The van der Waals surface area contributed by atoms with Crippen LogP contribution in [0.3, 0.4) is 0 Å². The molecule has 0 radical (unpaired) electrons. The molecule has 0 unspecified atom stereocenters. The summed E-state index contributed by atoms with van der Waals surface area (Å²) in [5.74, 6) is 1.16. The maximum atomic E-state index is 15.1. The molecule has 1 aliphatic heterocycles. The van der Waals surface area contributed by atoms with Crippen molar-refractivity contribution in [3.05, 3.63) is 42.2 Å². The van der Waals surface area contributed by atoms with Crippen LogP contribution in [0.4, 0.5) is 10.3 Å². The van der Waals surface area contributed by atoms with Crippen LogP contribution in [0.2, 0.25) is 0 Å². The van der Waals surface area contributed by atoms with Gasteiger partial charge in [0.05, 0.1) is 17.2 Å². The average molecular weight is 505 g/mol. The standard InChI is InChI=1S/C28H37FN8/c1-18(2)37-19(3)31-27-24(29)15-20(16-25(27)37)23-9-10-36-26(23)17-30-28(33-36)32-21-5-7-22(8-6-21)35-13-11-34(4)12-14-35/h9-10,15-18,21-22H,5-8,11-14H2,1-4H3,(H,32,33)/t21-,22-. The Morgan fingerprint density at radius 2 is 1.78 bits per heavy atom. The van der Waals surface area contributed by atoms with Gasteiger partial charge in [0.2, 0.25) is 5.95 Å². The molecule has 37 heavy (non-hydrogen) atoms. The summed E-state index contributed by atoms with van der Waals surface area (Å²) in [4.78, 5) is 14.2. The third-order valence-corrected chi connectivity index (χ3v) is 8.25. The van der Waals surface area contributed by atoms with Gasteiger partial charge in [-0.3, -0.25) is 4.90 Å². The summed E-state index contributed by atoms with van der Waals surface area (Å²) in [6.45, 7) is 10.8. The Morgan fingerprint density at radius 1 is 1.03 bits per heavy atom. The van der Waals surface area contributed by atoms with Gasteiger partial charge in [0.1, 0.15) is 11.3 Å². The third kappa shape index (κ3) is 4.59. The smallest absolute Gasteiger partial charge is 0.241 e. The average Bonchev–Trinajstić information content (AvgIpc) is 3.45. The third-order valence-electron chi connectivity index (χ3n) is 8.25. The molecule has 0 bridgehead atoms. The zero-order valence-electron chi connectivity index (χ0n) is 22.3. The number of imidazole rings is 1. The molecule has 3 aromatic heterocycles. The Balaban J connectivity index is 1.18. The summed E-state index contributed by atoms with van der Waals surface area (Å²) in [5, 5.41) is 8.30. The minimum absolute atomic E-state index is 0.194. The fraction of sp³-hybridized carbons (Fsp3) is 0.536. The first kappa shape index (κ1) is 24.3. The molecule has 1 aromatic carbocycles. The second kappa shape index (κ2) is 9.68. The molecule has 196 valence electrons. The van der Waals surface area contributed by atoms with Crippen LogP contribution in [-0.2, 0) is 0 Å². The zero-order chi connectivity index (χ0) is 25.7. The van der Waals surface area contributed by atoms with E-state index in [9.17, 15) is 0 Å². The highest BCUT2D eigenvalue weighted by molar-refractivity contribution is 5.88. The van der Waals surface area contributed by atoms with Crippen molar-refractivity contribution in [2.75, 3.05) is 38.5 Å². The van der Waals surface area contributed by atoms with Crippen LogP contribution >= 0.6 is 0 Å². The maximum Gasteiger partial charge on any atom is 0.241 e. The van der Waals surface area contributed by atoms with E-state index in [-0.39, 0.29) is 11.9 Å². The van der Waals surface area contributed by atoms with Gasteiger partial charge in [-0.25, -0.2) is 18.9 Å². The van der Waals surface area contributed by atoms with E-state index < -0.39 is 0 Å². The van der Waals surface area contributed by atoms with Gasteiger partial charge in [-0.15, -0.1) is 5.10 Å². The molecule has 1 aliphatic carbocycles. The highest BCUT2D eigenvalue weighted by Crippen LogP contribution is 2.32. The van der Waals surface area contributed by atoms with Crippen LogP contribution in [-0.4, -0.2) is 79.3 Å². The largest absolute Gasteiger partial charge is 0.350 e. The van der Waals surface area contributed by atoms with Crippen LogP contribution in [0.15, 0.2) is 30.6 Å². The molecule has 2 aliphatic rings. The molecule has 1 saturated heterocycles. The first-order valence-electron chi connectivity index (χ1n) is 13.6. The lowest BCUT2D eigenvalue weighted by Crippen LogP contribution is -2.50. The van der Waals surface area contributed by atoms with Gasteiger partial charge in [0.25, 0.3) is 0 Å². The lowest BCUT2D eigenvalue weighted by molar-refractivity contribution is 0.0893. The Hall–Kier alpha value is -3.04. The SMILES string of the molecule is Cc1nc2c(F)cc(-c3ccn4nc(N[C@H]5CC[C@H](N6CCN(C)CC6)CC5)ncc34)cc2n1C(C)C. The number of aromatic nitrogens is 5. The fourth-order valence-corrected chi connectivity index (χ4v) is 6.24. The summed E-state index contributed by atoms with van der Waals surface area (Å²) in [6, 6.07) is 6.87. The number of fused-ring (bicyclic) bond motifs is 2. The number of hydrogen-bond acceptors (Lipinski definition) is 6. The van der Waals surface area contributed by atoms with Gasteiger partial charge in [0.15, 0.2) is 5.82 Å². The quantitative estimate of drug-likeness (QED) is 0.423. The van der Waals surface area contributed by atoms with Crippen molar-refractivity contribution in [1.82, 2.24) is 33.9 Å². The molecule has 8 nitrogen and oxygen atoms in total. The van der Waals surface area contributed by atoms with Crippen molar-refractivity contribution in [1.29, 1.82) is 0 Å². The van der Waals surface area contributed by atoms with Crippen LogP contribution in [0, 0.1) is 12.7 Å². The minimum Gasteiger partial charge on any atom is -0.350 e. The number of hydrogen-bond donors (Lipinski definition) is 1. The monoisotopic (exact) mass is 504 g/mol. The van der Waals surface area contributed by atoms with Gasteiger partial charge < -0.3 is 14.8 Å². The Bertz CT molecular complexity index is 1410. The summed E-state index contributed by atoms with van der Waals surface area (Å²) in [5.41, 5.74) is 3.81. The molecular formula is C28H37FN8. The molecule has 0 amide bonds. The van der Waals surface area contributed by atoms with Gasteiger partial charge in [-0.2, -0.15) is 0 Å². The Labute approximate surface area is 217 Å². The minimum atomic E-state index is -0.305. The van der Waals surface area contributed by atoms with E-state index in [1.165, 1.54) is 39.0 Å². The first-order valence-corrected chi connectivity index (χ1v) is 13.6. The number of rotatable bonds is 5. The molecule has 1 saturated carbocycles. The Morgan fingerprint density at radius 3 is 2.51 bits per heavy atom. The van der Waals surface area contributed by atoms with Gasteiger partial charge in [-0.05, 0) is 77.3 Å². The molecule has 4 heterocycles. The van der Waals surface area contributed by atoms with Gasteiger partial charge >= 0.3 is 0 Å². The predicted molar refractivity (Wildman–Crippen MR) is 146 cm³/mol. The first-order chi connectivity index (χ1) is 17.9. The molecule has 2 fully saturated rings. The summed E-state index contributed by atoms with van der Waals surface area (Å²) in [6.07, 6.45) is 8.48. The van der Waals surface area contributed by atoms with Crippen molar-refractivity contribution < 1.29 is 4.39 Å². The highest BCUT2D eigenvalue weighted by Gasteiger charge is 2.28. The zero-order valence-corrected chi connectivity index (χ0v) is 22.3. The molecule has 0 spiro atoms. The molecule has 4 aromatic rings. The number of halogens is 1. The van der Waals surface area contributed by atoms with Gasteiger partial charge in [0, 0.05) is 56.1 Å². The molecule has 9 heteroatoms. The lowest BCUT2D eigenvalue weighted by atomic mass is 9.90. The van der Waals surface area contributed by atoms with Crippen molar-refractivity contribution in [2.45, 2.75) is 64.6 Å². The topological polar surface area (TPSA) is 66.5 Å². The number of aryl methyl sites for hydroxylation is 1. The second-order valence-electron chi connectivity index (χ2n) is 11.1. The van der Waals surface area contributed by atoms with E-state index >= 15 is 4.39 Å². The van der Waals surface area contributed by atoms with Crippen LogP contribution in [0.5, 0.6) is 0 Å². The van der Waals surface area contributed by atoms with Crippen LogP contribution in [0.1, 0.15) is 51.4 Å². The van der Waals surface area contributed by atoms with E-state index in [1.54, 1.807) is 6.07 Å². The fourth-order valence-electron chi connectivity index (χ4n) is 6.24. The lowest BCUT2D eigenvalue weighted by Gasteiger charge is -2.41. The summed E-state index contributed by atoms with van der Waals surface area (Å²) in [7, 11) is 2.21. The normalized spacial score (nSPS) is 21.9. The number of anilines is 1. The number of nitrogens with one attached hydrogen (secondary N) is 1. The predicted octanol–water partition coefficient (Wildman–Crippen LogP) is 4.74.